The minimum absolute atomic E-state index is 0.0405. The van der Waals surface area contributed by atoms with E-state index in [0.717, 1.165) is 83.5 Å². The molecule has 0 saturated heterocycles. The van der Waals surface area contributed by atoms with E-state index in [0.29, 0.717) is 23.9 Å². The average Bonchev–Trinajstić information content (AvgIpc) is 3.13. The third-order valence-corrected chi connectivity index (χ3v) is 9.72. The van der Waals surface area contributed by atoms with Crippen LogP contribution in [0, 0.1) is 0 Å². The van der Waals surface area contributed by atoms with Crippen molar-refractivity contribution in [3.05, 3.63) is 60.8 Å². The molecule has 1 unspecified atom stereocenters. The Morgan fingerprint density at radius 3 is 1.51 bits per heavy atom. The van der Waals surface area contributed by atoms with Gasteiger partial charge in [-0.3, -0.25) is 14.2 Å². The van der Waals surface area contributed by atoms with E-state index in [1.54, 1.807) is 0 Å². The molecular weight excluding hydrogens is 713 g/mol. The first kappa shape index (κ1) is 52.7. The molecule has 9 nitrogen and oxygen atoms in total. The third-order valence-electron chi connectivity index (χ3n) is 8.76. The van der Waals surface area contributed by atoms with E-state index in [1.165, 1.54) is 38.5 Å². The average molecular weight is 794 g/mol. The lowest BCUT2D eigenvalue weighted by atomic mass is 10.1. The lowest BCUT2D eigenvalue weighted by Crippen LogP contribution is -2.37. The Bertz CT molecular complexity index is 1120. The Morgan fingerprint density at radius 1 is 0.564 bits per heavy atom. The normalized spacial score (nSPS) is 14.2. The maximum absolute atomic E-state index is 12.7. The van der Waals surface area contributed by atoms with Crippen molar-refractivity contribution in [2.45, 2.75) is 168 Å². The highest BCUT2D eigenvalue weighted by Crippen LogP contribution is 2.38. The molecule has 0 N–H and O–H groups in total. The highest BCUT2D eigenvalue weighted by atomic mass is 31.2. The summed E-state index contributed by atoms with van der Waals surface area (Å²) in [6.07, 6.45) is 43.8. The van der Waals surface area contributed by atoms with Crippen LogP contribution in [0.4, 0.5) is 0 Å². The maximum Gasteiger partial charge on any atom is 0.306 e. The lowest BCUT2D eigenvalue weighted by Gasteiger charge is -2.28. The van der Waals surface area contributed by atoms with Gasteiger partial charge >= 0.3 is 11.9 Å². The number of hydrogen-bond donors (Lipinski definition) is 0. The molecule has 0 heterocycles. The number of carbonyl (C=O) groups is 2. The van der Waals surface area contributed by atoms with Crippen LogP contribution in [0.5, 0.6) is 0 Å². The predicted octanol–water partition coefficient (Wildman–Crippen LogP) is 11.4. The van der Waals surface area contributed by atoms with Crippen LogP contribution >= 0.6 is 7.82 Å². The van der Waals surface area contributed by atoms with Gasteiger partial charge in [-0.25, -0.2) is 0 Å². The summed E-state index contributed by atoms with van der Waals surface area (Å²) in [5.41, 5.74) is 0. The molecule has 0 aliphatic heterocycles. The molecule has 0 saturated carbocycles. The van der Waals surface area contributed by atoms with Gasteiger partial charge in [-0.1, -0.05) is 132 Å². The van der Waals surface area contributed by atoms with Crippen LogP contribution < -0.4 is 4.89 Å². The second kappa shape index (κ2) is 37.3. The lowest BCUT2D eigenvalue weighted by molar-refractivity contribution is -0.870. The number of phosphoric ester groups is 1. The van der Waals surface area contributed by atoms with E-state index in [1.807, 2.05) is 21.1 Å². The Labute approximate surface area is 336 Å². The van der Waals surface area contributed by atoms with Gasteiger partial charge in [0.1, 0.15) is 19.8 Å². The van der Waals surface area contributed by atoms with Gasteiger partial charge in [0, 0.05) is 12.8 Å². The van der Waals surface area contributed by atoms with Crippen molar-refractivity contribution in [2.75, 3.05) is 47.5 Å². The summed E-state index contributed by atoms with van der Waals surface area (Å²) in [5.74, 6) is -0.882. The van der Waals surface area contributed by atoms with Gasteiger partial charge < -0.3 is 27.9 Å². The molecule has 0 aliphatic carbocycles. The van der Waals surface area contributed by atoms with E-state index < -0.39 is 32.5 Å². The summed E-state index contributed by atoms with van der Waals surface area (Å²) < 4.78 is 33.8. The molecule has 318 valence electrons. The first-order valence-corrected chi connectivity index (χ1v) is 23.0. The van der Waals surface area contributed by atoms with Crippen molar-refractivity contribution in [3.63, 3.8) is 0 Å². The van der Waals surface area contributed by atoms with Crippen LogP contribution in [0.1, 0.15) is 162 Å². The second-order valence-electron chi connectivity index (χ2n) is 15.3. The van der Waals surface area contributed by atoms with Crippen molar-refractivity contribution in [1.29, 1.82) is 0 Å². The second-order valence-corrected chi connectivity index (χ2v) is 16.8. The molecular formula is C45H80NO8P. The van der Waals surface area contributed by atoms with Gasteiger partial charge in [-0.2, -0.15) is 0 Å². The zero-order valence-corrected chi connectivity index (χ0v) is 36.5. The SMILES string of the molecule is CCCC/C=C/C/C=C/CCCCCCCC(=O)OC[C@H](COP(=O)([O-])OCC[N+](C)(C)C)OC(=O)CCCCCC/C=C/C/C=C/C/C=C/CCCCC. The standard InChI is InChI=1S/C45H80NO8P/c1-6-8-10-12-14-16-18-20-22-23-24-26-28-30-32-34-36-38-45(48)54-43(42-53-55(49,50)52-40-39-46(3,4)5)41-51-44(47)37-35-33-31-29-27-25-21-19-17-15-13-11-9-7-2/h13-16,19-22,24,26,43H,6-12,17-18,23,25,27-42H2,1-5H3/b15-13+,16-14+,21-19+,22-20+,26-24+/t43-/m1/s1. The fourth-order valence-corrected chi connectivity index (χ4v) is 6.05. The van der Waals surface area contributed by atoms with Gasteiger partial charge in [-0.15, -0.1) is 0 Å². The molecule has 0 aliphatic rings. The predicted molar refractivity (Wildman–Crippen MR) is 226 cm³/mol. The van der Waals surface area contributed by atoms with Crippen LogP contribution in [0.2, 0.25) is 0 Å². The molecule has 2 atom stereocenters. The first-order chi connectivity index (χ1) is 26.5. The first-order valence-electron chi connectivity index (χ1n) is 21.5. The summed E-state index contributed by atoms with van der Waals surface area (Å²) in [5, 5.41) is 0. The quantitative estimate of drug-likeness (QED) is 0.0200. The number of unbranched alkanes of at least 4 members (excludes halogenated alkanes) is 14. The van der Waals surface area contributed by atoms with E-state index in [4.69, 9.17) is 18.5 Å². The molecule has 0 aromatic carbocycles. The number of likely N-dealkylation sites (N-methyl/N-ethyl adjacent to an activating group) is 1. The third kappa shape index (κ3) is 41.2. The zero-order valence-electron chi connectivity index (χ0n) is 35.6. The summed E-state index contributed by atoms with van der Waals surface area (Å²) in [4.78, 5) is 37.5. The van der Waals surface area contributed by atoms with Crippen molar-refractivity contribution in [2.24, 2.45) is 0 Å². The van der Waals surface area contributed by atoms with E-state index in [9.17, 15) is 19.0 Å². The van der Waals surface area contributed by atoms with Gasteiger partial charge in [0.25, 0.3) is 7.82 Å². The molecule has 0 fully saturated rings. The topological polar surface area (TPSA) is 111 Å². The number of phosphoric acid groups is 1. The molecule has 0 spiro atoms. The van der Waals surface area contributed by atoms with E-state index in [2.05, 4.69) is 74.6 Å². The number of hydrogen-bond acceptors (Lipinski definition) is 8. The molecule has 0 radical (unpaired) electrons. The minimum Gasteiger partial charge on any atom is -0.756 e. The Balaban J connectivity index is 4.46. The largest absolute Gasteiger partial charge is 0.756 e. The number of quaternary nitrogens is 1. The number of ether oxygens (including phenoxy) is 2. The zero-order chi connectivity index (χ0) is 40.7. The molecule has 0 rings (SSSR count). The summed E-state index contributed by atoms with van der Waals surface area (Å²) >= 11 is 0. The smallest absolute Gasteiger partial charge is 0.306 e. The van der Waals surface area contributed by atoms with Crippen LogP contribution in [0.25, 0.3) is 0 Å². The van der Waals surface area contributed by atoms with Gasteiger partial charge in [-0.05, 0) is 77.0 Å². The number of rotatable bonds is 38. The molecule has 0 amide bonds. The van der Waals surface area contributed by atoms with Crippen LogP contribution in [0.3, 0.4) is 0 Å². The van der Waals surface area contributed by atoms with Crippen molar-refractivity contribution < 1.29 is 42.1 Å². The Kier molecular flexibility index (Phi) is 35.7. The van der Waals surface area contributed by atoms with Crippen LogP contribution in [0.15, 0.2) is 60.8 Å². The molecule has 0 aromatic rings. The highest BCUT2D eigenvalue weighted by molar-refractivity contribution is 7.45. The molecule has 55 heavy (non-hydrogen) atoms. The Hall–Kier alpha value is -2.29. The molecule has 10 heteroatoms. The van der Waals surface area contributed by atoms with Gasteiger partial charge in [0.15, 0.2) is 6.10 Å². The van der Waals surface area contributed by atoms with Crippen molar-refractivity contribution >= 4 is 19.8 Å². The number of esters is 2. The van der Waals surface area contributed by atoms with E-state index >= 15 is 0 Å². The van der Waals surface area contributed by atoms with Crippen LogP contribution in [-0.2, 0) is 32.7 Å². The van der Waals surface area contributed by atoms with Crippen molar-refractivity contribution in [3.8, 4) is 0 Å². The van der Waals surface area contributed by atoms with Crippen LogP contribution in [-0.4, -0.2) is 70.0 Å². The fourth-order valence-electron chi connectivity index (χ4n) is 5.32. The van der Waals surface area contributed by atoms with Crippen molar-refractivity contribution in [1.82, 2.24) is 0 Å². The number of nitrogens with zero attached hydrogens (tertiary/aromatic N) is 1. The summed E-state index contributed by atoms with van der Waals surface area (Å²) in [6.45, 7) is 4.10. The van der Waals surface area contributed by atoms with Gasteiger partial charge in [0.05, 0.1) is 27.7 Å². The Morgan fingerprint density at radius 2 is 1.00 bits per heavy atom. The number of allylic oxidation sites excluding steroid dienone is 10. The van der Waals surface area contributed by atoms with E-state index in [-0.39, 0.29) is 26.1 Å². The summed E-state index contributed by atoms with van der Waals surface area (Å²) in [7, 11) is 1.13. The molecule has 0 aromatic heterocycles. The summed E-state index contributed by atoms with van der Waals surface area (Å²) in [6, 6.07) is 0. The highest BCUT2D eigenvalue weighted by Gasteiger charge is 2.21. The maximum atomic E-state index is 12.7. The molecule has 0 bridgehead atoms. The number of carbonyl (C=O) groups excluding carboxylic acids is 2. The minimum atomic E-state index is -4.63. The fraction of sp³-hybridized carbons (Fsp3) is 0.733. The monoisotopic (exact) mass is 794 g/mol. The van der Waals surface area contributed by atoms with Gasteiger partial charge in [0.2, 0.25) is 0 Å².